The summed E-state index contributed by atoms with van der Waals surface area (Å²) in [6, 6.07) is 0. The van der Waals surface area contributed by atoms with E-state index in [2.05, 4.69) is 20.5 Å². The van der Waals surface area contributed by atoms with Gasteiger partial charge in [0.05, 0.1) is 6.54 Å². The van der Waals surface area contributed by atoms with Crippen LogP contribution in [0.3, 0.4) is 0 Å². The Hall–Kier alpha value is -1.30. The number of piperazine rings is 1. The Bertz CT molecular complexity index is 553. The topological polar surface area (TPSA) is 95.5 Å². The average molecular weight is 525 g/mol. The van der Waals surface area contributed by atoms with E-state index in [1.165, 1.54) is 0 Å². The number of aliphatic imine (C=N–C) groups is 1. The van der Waals surface area contributed by atoms with E-state index < -0.39 is 11.7 Å². The van der Waals surface area contributed by atoms with Crippen molar-refractivity contribution in [2.75, 3.05) is 52.4 Å². The number of guanidine groups is 1. The molecule has 0 spiro atoms. The molecule has 9 nitrogen and oxygen atoms in total. The second kappa shape index (κ2) is 12.4. The Morgan fingerprint density at radius 3 is 2.34 bits per heavy atom. The molecule has 0 bridgehead atoms. The zero-order valence-corrected chi connectivity index (χ0v) is 20.4. The van der Waals surface area contributed by atoms with Gasteiger partial charge in [0, 0.05) is 45.9 Å². The average Bonchev–Trinajstić information content (AvgIpc) is 3.17. The molecule has 10 heteroatoms. The van der Waals surface area contributed by atoms with Gasteiger partial charge in [-0.3, -0.25) is 9.79 Å². The first kappa shape index (κ1) is 25.7. The predicted molar refractivity (Wildman–Crippen MR) is 123 cm³/mol. The van der Waals surface area contributed by atoms with Crippen LogP contribution in [0.15, 0.2) is 4.99 Å². The maximum absolute atomic E-state index is 12.5. The van der Waals surface area contributed by atoms with Crippen LogP contribution in [0, 0.1) is 0 Å². The molecule has 2 fully saturated rings. The molecular weight excluding hydrogens is 489 g/mol. The van der Waals surface area contributed by atoms with E-state index in [-0.39, 0.29) is 36.0 Å². The normalized spacial score (nSPS) is 20.1. The molecule has 2 rings (SSSR count). The van der Waals surface area contributed by atoms with Crippen LogP contribution in [0.5, 0.6) is 0 Å². The smallest absolute Gasteiger partial charge is 0.407 e. The Morgan fingerprint density at radius 2 is 1.79 bits per heavy atom. The van der Waals surface area contributed by atoms with Crippen LogP contribution in [-0.2, 0) is 14.3 Å². The van der Waals surface area contributed by atoms with Gasteiger partial charge in [-0.25, -0.2) is 4.79 Å². The van der Waals surface area contributed by atoms with Crippen molar-refractivity contribution in [3.63, 3.8) is 0 Å². The fourth-order valence-corrected chi connectivity index (χ4v) is 3.17. The number of hydrogen-bond donors (Lipinski definition) is 2. The van der Waals surface area contributed by atoms with Gasteiger partial charge in [0.1, 0.15) is 11.7 Å². The maximum atomic E-state index is 12.5. The second-order valence-corrected chi connectivity index (χ2v) is 7.98. The minimum absolute atomic E-state index is 0. The van der Waals surface area contributed by atoms with Crippen molar-refractivity contribution < 1.29 is 19.1 Å². The Kier molecular flexibility index (Phi) is 11.0. The van der Waals surface area contributed by atoms with Gasteiger partial charge >= 0.3 is 6.09 Å². The number of halogens is 1. The third-order valence-electron chi connectivity index (χ3n) is 4.47. The number of ether oxygens (including phenoxy) is 2. The van der Waals surface area contributed by atoms with Crippen LogP contribution in [0.2, 0.25) is 0 Å². The van der Waals surface area contributed by atoms with Crippen LogP contribution in [0.25, 0.3) is 0 Å². The maximum Gasteiger partial charge on any atom is 0.407 e. The quantitative estimate of drug-likeness (QED) is 0.244. The van der Waals surface area contributed by atoms with Crippen LogP contribution in [-0.4, -0.2) is 91.9 Å². The van der Waals surface area contributed by atoms with Crippen LogP contribution in [0.4, 0.5) is 4.79 Å². The molecule has 1 unspecified atom stereocenters. The van der Waals surface area contributed by atoms with Crippen LogP contribution >= 0.6 is 24.0 Å². The Balaban J connectivity index is 0.00000420. The highest BCUT2D eigenvalue weighted by molar-refractivity contribution is 14.0. The van der Waals surface area contributed by atoms with Crippen molar-refractivity contribution in [3.8, 4) is 0 Å². The number of rotatable bonds is 5. The fourth-order valence-electron chi connectivity index (χ4n) is 3.17. The minimum atomic E-state index is -0.511. The van der Waals surface area contributed by atoms with Gasteiger partial charge in [0.2, 0.25) is 0 Å². The highest BCUT2D eigenvalue weighted by Crippen LogP contribution is 2.16. The van der Waals surface area contributed by atoms with Gasteiger partial charge in [-0.15, -0.1) is 24.0 Å². The first-order chi connectivity index (χ1) is 13.3. The molecule has 29 heavy (non-hydrogen) atoms. The van der Waals surface area contributed by atoms with E-state index in [9.17, 15) is 9.59 Å². The molecule has 2 aliphatic heterocycles. The predicted octanol–water partition coefficient (Wildman–Crippen LogP) is 1.42. The van der Waals surface area contributed by atoms with E-state index in [1.54, 1.807) is 0 Å². The zero-order chi connectivity index (χ0) is 20.6. The summed E-state index contributed by atoms with van der Waals surface area (Å²) in [5, 5.41) is 5.99. The standard InChI is InChI=1S/C19H35N5O4.HI/c1-5-20-17(21-8-9-22-18(26)28-19(2,3)4)24-12-10-23(11-13-24)16(25)15-7-6-14-27-15;/h15H,5-14H2,1-4H3,(H,20,21)(H,22,26);1H. The molecule has 168 valence electrons. The zero-order valence-electron chi connectivity index (χ0n) is 18.0. The van der Waals surface area contributed by atoms with E-state index in [0.717, 1.165) is 38.4 Å². The van der Waals surface area contributed by atoms with Gasteiger partial charge in [-0.1, -0.05) is 0 Å². The van der Waals surface area contributed by atoms with Gasteiger partial charge in [-0.2, -0.15) is 0 Å². The van der Waals surface area contributed by atoms with Crippen molar-refractivity contribution >= 4 is 41.9 Å². The molecule has 2 N–H and O–H groups in total. The summed E-state index contributed by atoms with van der Waals surface area (Å²) in [7, 11) is 0. The number of nitrogens with zero attached hydrogens (tertiary/aromatic N) is 3. The molecule has 0 radical (unpaired) electrons. The largest absolute Gasteiger partial charge is 0.444 e. The highest BCUT2D eigenvalue weighted by atomic mass is 127. The minimum Gasteiger partial charge on any atom is -0.444 e. The summed E-state index contributed by atoms with van der Waals surface area (Å²) in [5.74, 6) is 0.915. The Morgan fingerprint density at radius 1 is 1.14 bits per heavy atom. The van der Waals surface area contributed by atoms with Gasteiger partial charge in [0.25, 0.3) is 5.91 Å². The summed E-state index contributed by atoms with van der Waals surface area (Å²) in [6.07, 6.45) is 1.10. The van der Waals surface area contributed by atoms with Crippen molar-refractivity contribution in [3.05, 3.63) is 0 Å². The van der Waals surface area contributed by atoms with Crippen molar-refractivity contribution in [1.82, 2.24) is 20.4 Å². The first-order valence-corrected chi connectivity index (χ1v) is 10.2. The third-order valence-corrected chi connectivity index (χ3v) is 4.47. The summed E-state index contributed by atoms with van der Waals surface area (Å²) >= 11 is 0. The molecule has 0 saturated carbocycles. The molecule has 1 atom stereocenters. The molecule has 2 heterocycles. The van der Waals surface area contributed by atoms with Crippen molar-refractivity contribution in [2.45, 2.75) is 52.2 Å². The molecular formula is C19H36IN5O4. The molecule has 2 saturated heterocycles. The number of nitrogens with one attached hydrogen (secondary N) is 2. The summed E-state index contributed by atoms with van der Waals surface area (Å²) in [4.78, 5) is 32.8. The van der Waals surface area contributed by atoms with Crippen molar-refractivity contribution in [1.29, 1.82) is 0 Å². The van der Waals surface area contributed by atoms with Gasteiger partial charge in [-0.05, 0) is 40.5 Å². The third kappa shape index (κ3) is 8.93. The second-order valence-electron chi connectivity index (χ2n) is 7.98. The van der Waals surface area contributed by atoms with E-state index in [0.29, 0.717) is 32.8 Å². The number of alkyl carbamates (subject to hydrolysis) is 1. The monoisotopic (exact) mass is 525 g/mol. The van der Waals surface area contributed by atoms with E-state index >= 15 is 0 Å². The summed E-state index contributed by atoms with van der Waals surface area (Å²) in [6.45, 7) is 12.6. The molecule has 0 aromatic heterocycles. The van der Waals surface area contributed by atoms with Gasteiger partial charge in [0.15, 0.2) is 5.96 Å². The molecule has 2 amide bonds. The van der Waals surface area contributed by atoms with Crippen LogP contribution in [0.1, 0.15) is 40.5 Å². The van der Waals surface area contributed by atoms with Crippen molar-refractivity contribution in [2.24, 2.45) is 4.99 Å². The number of carbonyl (C=O) groups excluding carboxylic acids is 2. The number of carbonyl (C=O) groups is 2. The highest BCUT2D eigenvalue weighted by Gasteiger charge is 2.30. The van der Waals surface area contributed by atoms with E-state index in [4.69, 9.17) is 9.47 Å². The lowest BCUT2D eigenvalue weighted by Gasteiger charge is -2.37. The molecule has 2 aliphatic rings. The lowest BCUT2D eigenvalue weighted by atomic mass is 10.2. The SMILES string of the molecule is CCNC(=NCCNC(=O)OC(C)(C)C)N1CCN(C(=O)C2CCCO2)CC1.I. The van der Waals surface area contributed by atoms with Crippen LogP contribution < -0.4 is 10.6 Å². The fraction of sp³-hybridized carbons (Fsp3) is 0.842. The molecule has 0 aromatic carbocycles. The summed E-state index contributed by atoms with van der Waals surface area (Å²) < 4.78 is 10.7. The summed E-state index contributed by atoms with van der Waals surface area (Å²) in [5.41, 5.74) is -0.511. The first-order valence-electron chi connectivity index (χ1n) is 10.2. The van der Waals surface area contributed by atoms with Gasteiger partial charge < -0.3 is 29.9 Å². The number of amides is 2. The van der Waals surface area contributed by atoms with E-state index in [1.807, 2.05) is 32.6 Å². The molecule has 0 aromatic rings. The Labute approximate surface area is 191 Å². The lowest BCUT2D eigenvalue weighted by molar-refractivity contribution is -0.142. The lowest BCUT2D eigenvalue weighted by Crippen LogP contribution is -2.55. The molecule has 0 aliphatic carbocycles. The number of hydrogen-bond acceptors (Lipinski definition) is 5.